The lowest BCUT2D eigenvalue weighted by Crippen LogP contribution is -2.11. The van der Waals surface area contributed by atoms with Crippen LogP contribution in [0.5, 0.6) is 0 Å². The van der Waals surface area contributed by atoms with E-state index in [1.807, 2.05) is 0 Å². The van der Waals surface area contributed by atoms with Gasteiger partial charge in [0.1, 0.15) is 0 Å². The van der Waals surface area contributed by atoms with Crippen LogP contribution in [0.4, 0.5) is 0 Å². The van der Waals surface area contributed by atoms with Gasteiger partial charge in [0.2, 0.25) is 10.0 Å². The monoisotopic (exact) mass is 357 g/mol. The van der Waals surface area contributed by atoms with Gasteiger partial charge < -0.3 is 4.74 Å². The number of ether oxygens (including phenoxy) is 1. The Morgan fingerprint density at radius 3 is 2.20 bits per heavy atom. The molecule has 3 N–H and O–H groups in total. The van der Waals surface area contributed by atoms with E-state index in [1.54, 1.807) is 42.6 Å². The molecule has 25 heavy (non-hydrogen) atoms. The van der Waals surface area contributed by atoms with E-state index in [2.05, 4.69) is 14.9 Å². The van der Waals surface area contributed by atoms with Crippen molar-refractivity contribution in [1.82, 2.24) is 10.2 Å². The van der Waals surface area contributed by atoms with E-state index in [0.717, 1.165) is 16.7 Å². The Hall–Kier alpha value is -2.97. The van der Waals surface area contributed by atoms with Gasteiger partial charge in [-0.05, 0) is 29.8 Å². The SMILES string of the molecule is COC(=O)c1ccc(-c2c[nH]nc2-c2ccc(S(N)(=O)=O)cc2)cc1. The molecule has 1 heterocycles. The first-order valence-corrected chi connectivity index (χ1v) is 8.80. The minimum atomic E-state index is -3.74. The maximum Gasteiger partial charge on any atom is 0.337 e. The number of hydrogen-bond acceptors (Lipinski definition) is 5. The zero-order valence-electron chi connectivity index (χ0n) is 13.3. The average molecular weight is 357 g/mol. The van der Waals surface area contributed by atoms with E-state index in [9.17, 15) is 13.2 Å². The fourth-order valence-corrected chi connectivity index (χ4v) is 2.95. The van der Waals surface area contributed by atoms with Crippen molar-refractivity contribution in [1.29, 1.82) is 0 Å². The number of rotatable bonds is 4. The fourth-order valence-electron chi connectivity index (χ4n) is 2.44. The van der Waals surface area contributed by atoms with Crippen LogP contribution in [-0.2, 0) is 14.8 Å². The number of nitrogens with two attached hydrogens (primary N) is 1. The van der Waals surface area contributed by atoms with Crippen LogP contribution >= 0.6 is 0 Å². The van der Waals surface area contributed by atoms with E-state index < -0.39 is 16.0 Å². The number of aromatic amines is 1. The summed E-state index contributed by atoms with van der Waals surface area (Å²) >= 11 is 0. The lowest BCUT2D eigenvalue weighted by Gasteiger charge is -2.05. The number of methoxy groups -OCH3 is 1. The number of carbonyl (C=O) groups excluding carboxylic acids is 1. The molecule has 0 amide bonds. The Balaban J connectivity index is 1.97. The molecular formula is C17H15N3O4S. The molecule has 3 rings (SSSR count). The summed E-state index contributed by atoms with van der Waals surface area (Å²) in [7, 11) is -2.41. The third-order valence-electron chi connectivity index (χ3n) is 3.71. The Bertz CT molecular complexity index is 1010. The Kier molecular flexibility index (Phi) is 4.39. The van der Waals surface area contributed by atoms with E-state index in [1.165, 1.54) is 19.2 Å². The number of nitrogens with zero attached hydrogens (tertiary/aromatic N) is 1. The maximum atomic E-state index is 11.5. The predicted molar refractivity (Wildman–Crippen MR) is 92.2 cm³/mol. The van der Waals surface area contributed by atoms with Gasteiger partial charge in [-0.2, -0.15) is 5.10 Å². The molecule has 0 atom stereocenters. The lowest BCUT2D eigenvalue weighted by molar-refractivity contribution is 0.0600. The molecule has 0 radical (unpaired) electrons. The molecule has 1 aromatic heterocycles. The minimum absolute atomic E-state index is 0.0377. The Labute approximate surface area is 144 Å². The first-order chi connectivity index (χ1) is 11.9. The molecule has 8 heteroatoms. The smallest absolute Gasteiger partial charge is 0.337 e. The average Bonchev–Trinajstić information content (AvgIpc) is 3.10. The summed E-state index contributed by atoms with van der Waals surface area (Å²) in [6.45, 7) is 0. The molecule has 0 spiro atoms. The van der Waals surface area contributed by atoms with Gasteiger partial charge in [-0.15, -0.1) is 0 Å². The van der Waals surface area contributed by atoms with E-state index in [4.69, 9.17) is 5.14 Å². The molecule has 0 aliphatic carbocycles. The van der Waals surface area contributed by atoms with Crippen molar-refractivity contribution in [3.8, 4) is 22.4 Å². The highest BCUT2D eigenvalue weighted by Gasteiger charge is 2.13. The van der Waals surface area contributed by atoms with Gasteiger partial charge in [0, 0.05) is 17.3 Å². The number of benzene rings is 2. The van der Waals surface area contributed by atoms with Crippen LogP contribution in [-0.4, -0.2) is 31.7 Å². The van der Waals surface area contributed by atoms with Crippen LogP contribution in [0.25, 0.3) is 22.4 Å². The van der Waals surface area contributed by atoms with Crippen molar-refractivity contribution in [2.24, 2.45) is 5.14 Å². The molecule has 7 nitrogen and oxygen atoms in total. The van der Waals surface area contributed by atoms with Gasteiger partial charge >= 0.3 is 5.97 Å². The first kappa shape index (κ1) is 16.9. The zero-order chi connectivity index (χ0) is 18.0. The summed E-state index contributed by atoms with van der Waals surface area (Å²) in [5.41, 5.74) is 3.52. The van der Waals surface area contributed by atoms with E-state index in [-0.39, 0.29) is 4.90 Å². The van der Waals surface area contributed by atoms with Crippen LogP contribution in [0.2, 0.25) is 0 Å². The number of carbonyl (C=O) groups is 1. The van der Waals surface area contributed by atoms with Crippen molar-refractivity contribution in [3.05, 3.63) is 60.3 Å². The molecule has 0 saturated heterocycles. The zero-order valence-corrected chi connectivity index (χ0v) is 14.1. The lowest BCUT2D eigenvalue weighted by atomic mass is 10.0. The van der Waals surface area contributed by atoms with Gasteiger partial charge in [0.15, 0.2) is 0 Å². The van der Waals surface area contributed by atoms with Crippen molar-refractivity contribution in [2.75, 3.05) is 7.11 Å². The van der Waals surface area contributed by atoms with Crippen LogP contribution in [0.15, 0.2) is 59.6 Å². The summed E-state index contributed by atoms with van der Waals surface area (Å²) in [5, 5.41) is 12.1. The topological polar surface area (TPSA) is 115 Å². The molecule has 0 aliphatic heterocycles. The minimum Gasteiger partial charge on any atom is -0.465 e. The molecule has 128 valence electrons. The largest absolute Gasteiger partial charge is 0.465 e. The predicted octanol–water partition coefficient (Wildman–Crippen LogP) is 2.18. The Morgan fingerprint density at radius 2 is 1.64 bits per heavy atom. The standard InChI is InChI=1S/C17H15N3O4S/c1-24-17(21)13-4-2-11(3-5-13)15-10-19-20-16(15)12-6-8-14(9-7-12)25(18,22)23/h2-10H,1H3,(H,19,20)(H2,18,22,23). The van der Waals surface area contributed by atoms with E-state index in [0.29, 0.717) is 11.3 Å². The van der Waals surface area contributed by atoms with Gasteiger partial charge in [-0.25, -0.2) is 18.4 Å². The number of esters is 1. The first-order valence-electron chi connectivity index (χ1n) is 7.26. The van der Waals surface area contributed by atoms with Crippen molar-refractivity contribution >= 4 is 16.0 Å². The quantitative estimate of drug-likeness (QED) is 0.694. The third kappa shape index (κ3) is 3.44. The summed E-state index contributed by atoms with van der Waals surface area (Å²) in [6.07, 6.45) is 1.73. The normalized spacial score (nSPS) is 11.3. The van der Waals surface area contributed by atoms with Gasteiger partial charge in [-0.3, -0.25) is 5.10 Å². The molecule has 0 saturated carbocycles. The number of aromatic nitrogens is 2. The Morgan fingerprint density at radius 1 is 1.04 bits per heavy atom. The number of sulfonamides is 1. The van der Waals surface area contributed by atoms with Gasteiger partial charge in [0.05, 0.1) is 23.3 Å². The highest BCUT2D eigenvalue weighted by molar-refractivity contribution is 7.89. The molecule has 3 aromatic rings. The molecule has 0 fully saturated rings. The summed E-state index contributed by atoms with van der Waals surface area (Å²) in [4.78, 5) is 11.6. The fraction of sp³-hybridized carbons (Fsp3) is 0.0588. The highest BCUT2D eigenvalue weighted by Crippen LogP contribution is 2.30. The van der Waals surface area contributed by atoms with Crippen molar-refractivity contribution in [2.45, 2.75) is 4.90 Å². The van der Waals surface area contributed by atoms with Crippen LogP contribution in [0.1, 0.15) is 10.4 Å². The molecule has 0 bridgehead atoms. The summed E-state index contributed by atoms with van der Waals surface area (Å²) in [6, 6.07) is 13.1. The number of H-pyrrole nitrogens is 1. The van der Waals surface area contributed by atoms with Gasteiger partial charge in [0.25, 0.3) is 0 Å². The van der Waals surface area contributed by atoms with Crippen LogP contribution in [0.3, 0.4) is 0 Å². The molecular weight excluding hydrogens is 342 g/mol. The molecule has 0 unspecified atom stereocenters. The number of hydrogen-bond donors (Lipinski definition) is 2. The summed E-state index contributed by atoms with van der Waals surface area (Å²) in [5.74, 6) is -0.405. The van der Waals surface area contributed by atoms with Crippen LogP contribution < -0.4 is 5.14 Å². The van der Waals surface area contributed by atoms with E-state index >= 15 is 0 Å². The number of nitrogens with one attached hydrogen (secondary N) is 1. The third-order valence-corrected chi connectivity index (χ3v) is 4.64. The van der Waals surface area contributed by atoms with Crippen LogP contribution in [0, 0.1) is 0 Å². The molecule has 2 aromatic carbocycles. The second-order valence-electron chi connectivity index (χ2n) is 5.29. The number of primary sulfonamides is 1. The molecule has 0 aliphatic rings. The summed E-state index contributed by atoms with van der Waals surface area (Å²) < 4.78 is 27.4. The van der Waals surface area contributed by atoms with Crippen molar-refractivity contribution < 1.29 is 17.9 Å². The van der Waals surface area contributed by atoms with Crippen molar-refractivity contribution in [3.63, 3.8) is 0 Å². The second-order valence-corrected chi connectivity index (χ2v) is 6.85. The maximum absolute atomic E-state index is 11.5. The second kappa shape index (κ2) is 6.50. The van der Waals surface area contributed by atoms with Gasteiger partial charge in [-0.1, -0.05) is 24.3 Å². The highest BCUT2D eigenvalue weighted by atomic mass is 32.2.